The van der Waals surface area contributed by atoms with Crippen molar-refractivity contribution in [1.82, 2.24) is 10.2 Å². The highest BCUT2D eigenvalue weighted by Gasteiger charge is 2.42. The highest BCUT2D eigenvalue weighted by Crippen LogP contribution is 2.31. The number of rotatable bonds is 6. The summed E-state index contributed by atoms with van der Waals surface area (Å²) < 4.78 is 14.1. The molecular formula is C16H23FN2OS. The minimum Gasteiger partial charge on any atom is -0.318 e. The molecule has 1 saturated heterocycles. The van der Waals surface area contributed by atoms with Crippen LogP contribution in [0.25, 0.3) is 0 Å². The van der Waals surface area contributed by atoms with E-state index in [2.05, 4.69) is 12.2 Å². The molecule has 1 amide bonds. The largest absolute Gasteiger partial charge is 0.318 e. The van der Waals surface area contributed by atoms with E-state index in [0.29, 0.717) is 5.56 Å². The average Bonchev–Trinajstić information content (AvgIpc) is 2.82. The molecule has 1 aromatic rings. The average molecular weight is 310 g/mol. The van der Waals surface area contributed by atoms with Crippen LogP contribution in [0.2, 0.25) is 0 Å². The first kappa shape index (κ1) is 16.3. The Balaban J connectivity index is 2.37. The quantitative estimate of drug-likeness (QED) is 0.876. The predicted octanol–water partition coefficient (Wildman–Crippen LogP) is 3.18. The summed E-state index contributed by atoms with van der Waals surface area (Å²) in [6.07, 6.45) is 3.26. The van der Waals surface area contributed by atoms with Gasteiger partial charge in [0.2, 0.25) is 5.91 Å². The van der Waals surface area contributed by atoms with E-state index in [1.165, 1.54) is 6.07 Å². The van der Waals surface area contributed by atoms with Gasteiger partial charge in [-0.15, -0.1) is 0 Å². The summed E-state index contributed by atoms with van der Waals surface area (Å²) in [5.41, 5.74) is 0.557. The van der Waals surface area contributed by atoms with Crippen molar-refractivity contribution in [3.63, 3.8) is 0 Å². The van der Waals surface area contributed by atoms with Crippen LogP contribution in [-0.4, -0.2) is 34.9 Å². The number of amides is 1. The molecular weight excluding hydrogens is 287 g/mol. The second-order valence-electron chi connectivity index (χ2n) is 5.31. The van der Waals surface area contributed by atoms with Crippen molar-refractivity contribution >= 4 is 17.7 Å². The van der Waals surface area contributed by atoms with Crippen molar-refractivity contribution < 1.29 is 9.18 Å². The third-order valence-corrected chi connectivity index (χ3v) is 4.74. The summed E-state index contributed by atoms with van der Waals surface area (Å²) in [5.74, 6) is 0.695. The van der Waals surface area contributed by atoms with Gasteiger partial charge in [0.25, 0.3) is 0 Å². The van der Waals surface area contributed by atoms with E-state index in [4.69, 9.17) is 0 Å². The van der Waals surface area contributed by atoms with Crippen molar-refractivity contribution in [2.24, 2.45) is 0 Å². The van der Waals surface area contributed by atoms with Gasteiger partial charge in [-0.3, -0.25) is 10.1 Å². The Morgan fingerprint density at radius 3 is 2.67 bits per heavy atom. The molecule has 1 aromatic carbocycles. The van der Waals surface area contributed by atoms with E-state index < -0.39 is 0 Å². The summed E-state index contributed by atoms with van der Waals surface area (Å²) in [4.78, 5) is 14.5. The Bertz CT molecular complexity index is 497. The van der Waals surface area contributed by atoms with E-state index in [9.17, 15) is 9.18 Å². The zero-order valence-electron chi connectivity index (χ0n) is 12.8. The SMILES string of the molecule is CCC1NC(c2ccccc2F)N(C(CC)CSC)C1=O. The number of hydrogen-bond donors (Lipinski definition) is 1. The molecule has 116 valence electrons. The third-order valence-electron chi connectivity index (χ3n) is 4.02. The van der Waals surface area contributed by atoms with Gasteiger partial charge >= 0.3 is 0 Å². The normalized spacial score (nSPS) is 23.6. The Kier molecular flexibility index (Phi) is 5.65. The second kappa shape index (κ2) is 7.27. The zero-order valence-corrected chi connectivity index (χ0v) is 13.6. The first-order valence-corrected chi connectivity index (χ1v) is 8.84. The van der Waals surface area contributed by atoms with Crippen LogP contribution in [-0.2, 0) is 4.79 Å². The molecule has 0 aromatic heterocycles. The number of nitrogens with zero attached hydrogens (tertiary/aromatic N) is 1. The van der Waals surface area contributed by atoms with Crippen LogP contribution in [0.1, 0.15) is 38.4 Å². The number of benzene rings is 1. The lowest BCUT2D eigenvalue weighted by Crippen LogP contribution is -2.41. The van der Waals surface area contributed by atoms with E-state index in [1.54, 1.807) is 23.9 Å². The summed E-state index contributed by atoms with van der Waals surface area (Å²) in [6.45, 7) is 4.05. The number of thioether (sulfide) groups is 1. The number of halogens is 1. The molecule has 1 heterocycles. The van der Waals surface area contributed by atoms with Gasteiger partial charge in [0.15, 0.2) is 0 Å². The Morgan fingerprint density at radius 2 is 2.10 bits per heavy atom. The van der Waals surface area contributed by atoms with Gasteiger partial charge in [0.1, 0.15) is 12.0 Å². The molecule has 3 nitrogen and oxygen atoms in total. The molecule has 0 radical (unpaired) electrons. The molecule has 2 rings (SSSR count). The van der Waals surface area contributed by atoms with Crippen LogP contribution in [0, 0.1) is 5.82 Å². The first-order chi connectivity index (χ1) is 10.1. The Morgan fingerprint density at radius 1 is 1.38 bits per heavy atom. The van der Waals surface area contributed by atoms with Crippen LogP contribution in [0.3, 0.4) is 0 Å². The van der Waals surface area contributed by atoms with Gasteiger partial charge < -0.3 is 4.90 Å². The van der Waals surface area contributed by atoms with Crippen LogP contribution in [0.4, 0.5) is 4.39 Å². The smallest absolute Gasteiger partial charge is 0.241 e. The van der Waals surface area contributed by atoms with Gasteiger partial charge in [0, 0.05) is 17.4 Å². The van der Waals surface area contributed by atoms with Gasteiger partial charge in [0.05, 0.1) is 6.04 Å². The van der Waals surface area contributed by atoms with Crippen LogP contribution in [0.5, 0.6) is 0 Å². The van der Waals surface area contributed by atoms with E-state index in [1.807, 2.05) is 24.1 Å². The number of hydrogen-bond acceptors (Lipinski definition) is 3. The maximum Gasteiger partial charge on any atom is 0.241 e. The summed E-state index contributed by atoms with van der Waals surface area (Å²) in [6, 6.07) is 6.62. The molecule has 0 aliphatic carbocycles. The maximum absolute atomic E-state index is 14.1. The van der Waals surface area contributed by atoms with E-state index in [0.717, 1.165) is 18.6 Å². The summed E-state index contributed by atoms with van der Waals surface area (Å²) in [5, 5.41) is 3.30. The summed E-state index contributed by atoms with van der Waals surface area (Å²) >= 11 is 1.72. The monoisotopic (exact) mass is 310 g/mol. The fraction of sp³-hybridized carbons (Fsp3) is 0.562. The molecule has 1 aliphatic heterocycles. The van der Waals surface area contributed by atoms with E-state index in [-0.39, 0.29) is 30.0 Å². The lowest BCUT2D eigenvalue weighted by Gasteiger charge is -2.32. The fourth-order valence-electron chi connectivity index (χ4n) is 2.86. The van der Waals surface area contributed by atoms with Crippen molar-refractivity contribution in [3.05, 3.63) is 35.6 Å². The van der Waals surface area contributed by atoms with Crippen molar-refractivity contribution in [3.8, 4) is 0 Å². The fourth-order valence-corrected chi connectivity index (χ4v) is 3.64. The van der Waals surface area contributed by atoms with Gasteiger partial charge in [-0.05, 0) is 25.2 Å². The predicted molar refractivity (Wildman–Crippen MR) is 85.7 cm³/mol. The highest BCUT2D eigenvalue weighted by molar-refractivity contribution is 7.98. The molecule has 1 N–H and O–H groups in total. The minimum absolute atomic E-state index is 0.0895. The number of carbonyl (C=O) groups is 1. The molecule has 0 bridgehead atoms. The van der Waals surface area contributed by atoms with Gasteiger partial charge in [-0.1, -0.05) is 32.0 Å². The van der Waals surface area contributed by atoms with Crippen molar-refractivity contribution in [2.75, 3.05) is 12.0 Å². The maximum atomic E-state index is 14.1. The second-order valence-corrected chi connectivity index (χ2v) is 6.23. The molecule has 5 heteroatoms. The van der Waals surface area contributed by atoms with Crippen LogP contribution >= 0.6 is 11.8 Å². The standard InChI is InChI=1S/C16H23FN2OS/c1-4-11(10-21-3)19-15(18-14(5-2)16(19)20)12-8-6-7-9-13(12)17/h6-9,11,14-15,18H,4-5,10H2,1-3H3. The van der Waals surface area contributed by atoms with Crippen molar-refractivity contribution in [1.29, 1.82) is 0 Å². The number of nitrogens with one attached hydrogen (secondary N) is 1. The lowest BCUT2D eigenvalue weighted by molar-refractivity contribution is -0.132. The Hall–Kier alpha value is -1.07. The number of carbonyl (C=O) groups excluding carboxylic acids is 1. The van der Waals surface area contributed by atoms with Crippen molar-refractivity contribution in [2.45, 2.75) is 44.9 Å². The van der Waals surface area contributed by atoms with Gasteiger partial charge in [-0.2, -0.15) is 11.8 Å². The highest BCUT2D eigenvalue weighted by atomic mass is 32.2. The topological polar surface area (TPSA) is 32.3 Å². The molecule has 0 spiro atoms. The van der Waals surface area contributed by atoms with Crippen LogP contribution < -0.4 is 5.32 Å². The molecule has 3 unspecified atom stereocenters. The van der Waals surface area contributed by atoms with Crippen LogP contribution in [0.15, 0.2) is 24.3 Å². The molecule has 1 fully saturated rings. The molecule has 1 aliphatic rings. The first-order valence-electron chi connectivity index (χ1n) is 7.45. The van der Waals surface area contributed by atoms with Gasteiger partial charge in [-0.25, -0.2) is 4.39 Å². The summed E-state index contributed by atoms with van der Waals surface area (Å²) in [7, 11) is 0. The zero-order chi connectivity index (χ0) is 15.4. The molecule has 21 heavy (non-hydrogen) atoms. The lowest BCUT2D eigenvalue weighted by atomic mass is 10.1. The third kappa shape index (κ3) is 3.24. The molecule has 0 saturated carbocycles. The van der Waals surface area contributed by atoms with E-state index >= 15 is 0 Å². The molecule has 3 atom stereocenters. The minimum atomic E-state index is -0.360. The Labute approximate surface area is 130 Å².